The molecule has 5 aromatic rings. The van der Waals surface area contributed by atoms with Crippen LogP contribution in [0.1, 0.15) is 49.4 Å². The summed E-state index contributed by atoms with van der Waals surface area (Å²) in [6.45, 7) is 9.77. The second-order valence-electron chi connectivity index (χ2n) is 9.35. The second-order valence-corrected chi connectivity index (χ2v) is 9.35. The van der Waals surface area contributed by atoms with E-state index in [0.29, 0.717) is 5.84 Å². The van der Waals surface area contributed by atoms with Gasteiger partial charge in [-0.05, 0) is 82.4 Å². The summed E-state index contributed by atoms with van der Waals surface area (Å²) in [6.07, 6.45) is 8.83. The Hall–Kier alpha value is -4.56. The molecule has 1 aliphatic rings. The van der Waals surface area contributed by atoms with Gasteiger partial charge in [0.2, 0.25) is 0 Å². The predicted molar refractivity (Wildman–Crippen MR) is 172 cm³/mol. The van der Waals surface area contributed by atoms with Gasteiger partial charge in [-0.1, -0.05) is 117 Å². The van der Waals surface area contributed by atoms with Crippen molar-refractivity contribution in [1.29, 1.82) is 0 Å². The molecular weight excluding hydrogens is 472 g/mol. The standard InChI is InChI=1S/C35H28N2.C2H6/c1-3-34(37-35(36-2)24-12-5-4-6-13-24)27-15-11-14-25(22-27)26-20-21-32-30-18-8-7-16-28(30)29-17-9-10-19-31(29)33(32)23-26;1-2/h3-8,10-16,18-23H,2,9,17H2,1H3;1-2H3/b34-3-,37-35?;. The molecule has 2 nitrogen and oxygen atoms in total. The van der Waals surface area contributed by atoms with Gasteiger partial charge in [-0.25, -0.2) is 9.98 Å². The molecule has 5 aromatic carbocycles. The summed E-state index contributed by atoms with van der Waals surface area (Å²) in [7, 11) is 0. The van der Waals surface area contributed by atoms with Crippen LogP contribution in [0.3, 0.4) is 0 Å². The van der Waals surface area contributed by atoms with E-state index in [1.54, 1.807) is 0 Å². The molecule has 0 aliphatic heterocycles. The predicted octanol–water partition coefficient (Wildman–Crippen LogP) is 10.2. The molecule has 0 saturated carbocycles. The average molecular weight is 507 g/mol. The maximum absolute atomic E-state index is 4.87. The lowest BCUT2D eigenvalue weighted by Gasteiger charge is -2.18. The number of amidine groups is 1. The first-order valence-electron chi connectivity index (χ1n) is 13.8. The van der Waals surface area contributed by atoms with Crippen molar-refractivity contribution in [3.05, 3.63) is 131 Å². The normalized spacial score (nSPS) is 13.1. The van der Waals surface area contributed by atoms with Gasteiger partial charge in [-0.3, -0.25) is 0 Å². The fraction of sp³-hybridized carbons (Fsp3) is 0.135. The van der Waals surface area contributed by atoms with Crippen molar-refractivity contribution in [2.45, 2.75) is 33.6 Å². The van der Waals surface area contributed by atoms with Crippen LogP contribution in [-0.2, 0) is 6.42 Å². The van der Waals surface area contributed by atoms with Gasteiger partial charge in [0, 0.05) is 11.1 Å². The molecule has 0 N–H and O–H groups in total. The lowest BCUT2D eigenvalue weighted by Crippen LogP contribution is -1.98. The molecule has 39 heavy (non-hydrogen) atoms. The lowest BCUT2D eigenvalue weighted by molar-refractivity contribution is 1.00. The maximum Gasteiger partial charge on any atom is 0.159 e. The lowest BCUT2D eigenvalue weighted by atomic mass is 9.85. The highest BCUT2D eigenvalue weighted by atomic mass is 14.9. The number of aryl methyl sites for hydroxylation is 1. The molecule has 0 radical (unpaired) electrons. The molecule has 0 amide bonds. The van der Waals surface area contributed by atoms with Crippen molar-refractivity contribution in [2.24, 2.45) is 9.98 Å². The zero-order chi connectivity index (χ0) is 27.2. The Labute approximate surface area is 231 Å². The van der Waals surface area contributed by atoms with Gasteiger partial charge in [0.25, 0.3) is 0 Å². The quantitative estimate of drug-likeness (QED) is 0.132. The van der Waals surface area contributed by atoms with Crippen LogP contribution in [0.4, 0.5) is 0 Å². The number of hydrogen-bond donors (Lipinski definition) is 0. The fourth-order valence-electron chi connectivity index (χ4n) is 5.41. The summed E-state index contributed by atoms with van der Waals surface area (Å²) in [5, 5.41) is 5.34. The monoisotopic (exact) mass is 506 g/mol. The molecule has 0 fully saturated rings. The molecule has 0 spiro atoms. The zero-order valence-electron chi connectivity index (χ0n) is 23.0. The third-order valence-electron chi connectivity index (χ3n) is 7.20. The molecule has 6 rings (SSSR count). The Morgan fingerprint density at radius 3 is 2.18 bits per heavy atom. The Morgan fingerprint density at radius 2 is 1.41 bits per heavy atom. The van der Waals surface area contributed by atoms with Gasteiger partial charge in [0.05, 0.1) is 5.70 Å². The van der Waals surface area contributed by atoms with Crippen molar-refractivity contribution in [3.63, 3.8) is 0 Å². The summed E-state index contributed by atoms with van der Waals surface area (Å²) < 4.78 is 0. The number of aliphatic imine (C=N–C) groups is 2. The highest BCUT2D eigenvalue weighted by Gasteiger charge is 2.15. The van der Waals surface area contributed by atoms with Crippen LogP contribution < -0.4 is 0 Å². The highest BCUT2D eigenvalue weighted by molar-refractivity contribution is 6.14. The van der Waals surface area contributed by atoms with Gasteiger partial charge in [-0.2, -0.15) is 0 Å². The van der Waals surface area contributed by atoms with E-state index in [4.69, 9.17) is 4.99 Å². The van der Waals surface area contributed by atoms with Gasteiger partial charge in [0.15, 0.2) is 5.84 Å². The number of rotatable bonds is 4. The van der Waals surface area contributed by atoms with E-state index >= 15 is 0 Å². The summed E-state index contributed by atoms with van der Waals surface area (Å²) in [5.41, 5.74) is 8.08. The first-order chi connectivity index (χ1) is 19.3. The fourth-order valence-corrected chi connectivity index (χ4v) is 5.41. The van der Waals surface area contributed by atoms with Gasteiger partial charge in [0.1, 0.15) is 0 Å². The molecule has 0 atom stereocenters. The minimum atomic E-state index is 0.620. The highest BCUT2D eigenvalue weighted by Crippen LogP contribution is 2.38. The van der Waals surface area contributed by atoms with E-state index in [2.05, 4.69) is 90.6 Å². The molecule has 0 heterocycles. The topological polar surface area (TPSA) is 24.7 Å². The number of hydrogen-bond acceptors (Lipinski definition) is 1. The Kier molecular flexibility index (Phi) is 7.94. The molecule has 0 saturated heterocycles. The smallest absolute Gasteiger partial charge is 0.159 e. The van der Waals surface area contributed by atoms with Crippen LogP contribution in [0.15, 0.2) is 119 Å². The number of allylic oxidation sites excluding steroid dienone is 2. The van der Waals surface area contributed by atoms with Gasteiger partial charge >= 0.3 is 0 Å². The second kappa shape index (κ2) is 11.9. The van der Waals surface area contributed by atoms with Crippen LogP contribution in [0.25, 0.3) is 44.4 Å². The maximum atomic E-state index is 4.87. The molecule has 1 aliphatic carbocycles. The minimum Gasteiger partial charge on any atom is -0.245 e. The average Bonchev–Trinajstić information content (AvgIpc) is 3.03. The largest absolute Gasteiger partial charge is 0.245 e. The van der Waals surface area contributed by atoms with E-state index < -0.39 is 0 Å². The van der Waals surface area contributed by atoms with Gasteiger partial charge < -0.3 is 0 Å². The Bertz CT molecular complexity index is 1740. The first kappa shape index (κ1) is 26.1. The van der Waals surface area contributed by atoms with E-state index in [1.807, 2.05) is 57.2 Å². The molecule has 0 unspecified atom stereocenters. The molecule has 0 aromatic heterocycles. The summed E-state index contributed by atoms with van der Waals surface area (Å²) in [4.78, 5) is 9.07. The summed E-state index contributed by atoms with van der Waals surface area (Å²) in [5.74, 6) is 0.620. The molecule has 2 heteroatoms. The van der Waals surface area contributed by atoms with Crippen molar-refractivity contribution < 1.29 is 0 Å². The van der Waals surface area contributed by atoms with Crippen LogP contribution in [0, 0.1) is 0 Å². The van der Waals surface area contributed by atoms with Crippen molar-refractivity contribution in [2.75, 3.05) is 0 Å². The molecule has 0 bridgehead atoms. The first-order valence-corrected chi connectivity index (χ1v) is 13.8. The SMILES string of the molecule is C=NC(=N/C(=C\C)c1cccc(-c2ccc3c(c2)c2c(c4ccccc43)CCC=C2)c1)c1ccccc1.CC. The van der Waals surface area contributed by atoms with Crippen LogP contribution in [-0.4, -0.2) is 12.6 Å². The number of fused-ring (bicyclic) bond motifs is 6. The van der Waals surface area contributed by atoms with Crippen molar-refractivity contribution in [1.82, 2.24) is 0 Å². The Morgan fingerprint density at radius 1 is 0.718 bits per heavy atom. The van der Waals surface area contributed by atoms with Gasteiger partial charge in [-0.15, -0.1) is 0 Å². The third kappa shape index (κ3) is 5.11. The molecule has 192 valence electrons. The van der Waals surface area contributed by atoms with Crippen LogP contribution in [0.2, 0.25) is 0 Å². The van der Waals surface area contributed by atoms with Crippen LogP contribution in [0.5, 0.6) is 0 Å². The third-order valence-corrected chi connectivity index (χ3v) is 7.20. The van der Waals surface area contributed by atoms with Crippen molar-refractivity contribution in [3.8, 4) is 11.1 Å². The van der Waals surface area contributed by atoms with Crippen LogP contribution >= 0.6 is 0 Å². The Balaban J connectivity index is 0.00000151. The molecular formula is C37H34N2. The summed E-state index contributed by atoms with van der Waals surface area (Å²) >= 11 is 0. The number of benzene rings is 5. The zero-order valence-corrected chi connectivity index (χ0v) is 23.0. The van der Waals surface area contributed by atoms with E-state index in [1.165, 1.54) is 43.8 Å². The van der Waals surface area contributed by atoms with E-state index in [0.717, 1.165) is 29.7 Å². The summed E-state index contributed by atoms with van der Waals surface area (Å²) in [6, 6.07) is 34.3. The van der Waals surface area contributed by atoms with E-state index in [-0.39, 0.29) is 0 Å². The van der Waals surface area contributed by atoms with Crippen molar-refractivity contribution >= 4 is 45.9 Å². The number of nitrogens with zero attached hydrogens (tertiary/aromatic N) is 2. The van der Waals surface area contributed by atoms with E-state index in [9.17, 15) is 0 Å². The minimum absolute atomic E-state index is 0.620.